The van der Waals surface area contributed by atoms with Crippen LogP contribution in [0.3, 0.4) is 0 Å². The molecular formula is C23H32N4O2. The first-order valence-electron chi connectivity index (χ1n) is 11.1. The lowest BCUT2D eigenvalue weighted by atomic mass is 10.0. The van der Waals surface area contributed by atoms with Crippen LogP contribution in [0.4, 0.5) is 0 Å². The van der Waals surface area contributed by atoms with Crippen LogP contribution in [0.5, 0.6) is 0 Å². The fourth-order valence-electron chi connectivity index (χ4n) is 4.68. The molecule has 6 nitrogen and oxygen atoms in total. The average molecular weight is 397 g/mol. The summed E-state index contributed by atoms with van der Waals surface area (Å²) in [7, 11) is 0. The van der Waals surface area contributed by atoms with Crippen LogP contribution in [0.2, 0.25) is 0 Å². The standard InChI is InChI=1S/C23H32N4O2/c28-22(11-10-19-6-4-5-7-19)26-16-14-25(15-17-26)18-23(29)27-13-12-21(24-27)20-8-2-1-3-9-20/h1-3,8-9,19H,4-7,10-18H2. The number of amides is 2. The predicted octanol–water partition coefficient (Wildman–Crippen LogP) is 2.74. The fourth-order valence-corrected chi connectivity index (χ4v) is 4.68. The van der Waals surface area contributed by atoms with Gasteiger partial charge in [-0.1, -0.05) is 56.0 Å². The number of rotatable bonds is 6. The van der Waals surface area contributed by atoms with Gasteiger partial charge >= 0.3 is 0 Å². The van der Waals surface area contributed by atoms with Crippen molar-refractivity contribution >= 4 is 17.5 Å². The Morgan fingerprint density at radius 2 is 1.66 bits per heavy atom. The summed E-state index contributed by atoms with van der Waals surface area (Å²) in [4.78, 5) is 29.3. The Bertz CT molecular complexity index is 735. The van der Waals surface area contributed by atoms with E-state index in [2.05, 4.69) is 10.0 Å². The molecule has 0 unspecified atom stereocenters. The number of carbonyl (C=O) groups is 2. The summed E-state index contributed by atoms with van der Waals surface area (Å²) in [5.74, 6) is 1.11. The molecule has 0 atom stereocenters. The van der Waals surface area contributed by atoms with E-state index < -0.39 is 0 Å². The molecule has 4 rings (SSSR count). The Morgan fingerprint density at radius 1 is 0.931 bits per heavy atom. The highest BCUT2D eigenvalue weighted by Gasteiger charge is 2.27. The molecule has 0 bridgehead atoms. The van der Waals surface area contributed by atoms with Crippen LogP contribution < -0.4 is 0 Å². The largest absolute Gasteiger partial charge is 0.340 e. The topological polar surface area (TPSA) is 56.2 Å². The summed E-state index contributed by atoms with van der Waals surface area (Å²) in [6, 6.07) is 10.1. The van der Waals surface area contributed by atoms with Crippen LogP contribution in [0, 0.1) is 5.92 Å². The monoisotopic (exact) mass is 396 g/mol. The summed E-state index contributed by atoms with van der Waals surface area (Å²) in [5, 5.41) is 6.15. The number of piperazine rings is 1. The molecule has 1 aromatic rings. The zero-order valence-electron chi connectivity index (χ0n) is 17.3. The lowest BCUT2D eigenvalue weighted by Crippen LogP contribution is -2.51. The lowest BCUT2D eigenvalue weighted by molar-refractivity contribution is -0.135. The highest BCUT2D eigenvalue weighted by atomic mass is 16.2. The van der Waals surface area contributed by atoms with Crippen molar-refractivity contribution in [3.05, 3.63) is 35.9 Å². The third kappa shape index (κ3) is 5.24. The molecule has 2 fully saturated rings. The summed E-state index contributed by atoms with van der Waals surface area (Å²) < 4.78 is 0. The van der Waals surface area contributed by atoms with Gasteiger partial charge in [-0.05, 0) is 17.9 Å². The SMILES string of the molecule is O=C(CCC1CCCC1)N1CCN(CC(=O)N2CCC(c3ccccc3)=N2)CC1. The van der Waals surface area contributed by atoms with Crippen LogP contribution in [0.15, 0.2) is 35.4 Å². The first-order chi connectivity index (χ1) is 14.2. The Balaban J connectivity index is 1.20. The Labute approximate surface area is 173 Å². The van der Waals surface area contributed by atoms with E-state index in [0.29, 0.717) is 25.4 Å². The zero-order valence-corrected chi connectivity index (χ0v) is 17.3. The first-order valence-corrected chi connectivity index (χ1v) is 11.1. The number of benzene rings is 1. The molecule has 6 heteroatoms. The van der Waals surface area contributed by atoms with Crippen molar-refractivity contribution < 1.29 is 9.59 Å². The van der Waals surface area contributed by atoms with Crippen LogP contribution in [0.25, 0.3) is 0 Å². The molecule has 2 amide bonds. The molecule has 1 saturated carbocycles. The second-order valence-corrected chi connectivity index (χ2v) is 8.53. The van der Waals surface area contributed by atoms with E-state index in [1.807, 2.05) is 35.2 Å². The third-order valence-electron chi connectivity index (χ3n) is 6.52. The van der Waals surface area contributed by atoms with Gasteiger partial charge in [0.1, 0.15) is 0 Å². The average Bonchev–Trinajstić information content (AvgIpc) is 3.45. The molecule has 0 spiro atoms. The van der Waals surface area contributed by atoms with E-state index in [4.69, 9.17) is 0 Å². The molecule has 0 aromatic heterocycles. The van der Waals surface area contributed by atoms with Crippen molar-refractivity contribution in [2.24, 2.45) is 11.0 Å². The summed E-state index contributed by atoms with van der Waals surface area (Å²) in [5.41, 5.74) is 2.07. The quantitative estimate of drug-likeness (QED) is 0.743. The second-order valence-electron chi connectivity index (χ2n) is 8.53. The van der Waals surface area contributed by atoms with E-state index in [9.17, 15) is 9.59 Å². The maximum atomic E-state index is 12.7. The predicted molar refractivity (Wildman–Crippen MR) is 114 cm³/mol. The molecule has 2 heterocycles. The van der Waals surface area contributed by atoms with E-state index in [-0.39, 0.29) is 5.91 Å². The van der Waals surface area contributed by atoms with Crippen molar-refractivity contribution in [3.8, 4) is 0 Å². The van der Waals surface area contributed by atoms with Gasteiger partial charge in [-0.2, -0.15) is 5.10 Å². The highest BCUT2D eigenvalue weighted by Crippen LogP contribution is 2.28. The van der Waals surface area contributed by atoms with Gasteiger partial charge in [0, 0.05) is 39.0 Å². The maximum Gasteiger partial charge on any atom is 0.256 e. The van der Waals surface area contributed by atoms with Crippen LogP contribution in [-0.4, -0.2) is 71.6 Å². The molecule has 29 heavy (non-hydrogen) atoms. The molecule has 0 N–H and O–H groups in total. The number of hydrazone groups is 1. The minimum Gasteiger partial charge on any atom is -0.340 e. The van der Waals surface area contributed by atoms with E-state index in [1.165, 1.54) is 25.7 Å². The maximum absolute atomic E-state index is 12.7. The van der Waals surface area contributed by atoms with Gasteiger partial charge in [-0.25, -0.2) is 5.01 Å². The fraction of sp³-hybridized carbons (Fsp3) is 0.609. The summed E-state index contributed by atoms with van der Waals surface area (Å²) >= 11 is 0. The molecule has 0 radical (unpaired) electrons. The van der Waals surface area contributed by atoms with Gasteiger partial charge < -0.3 is 4.90 Å². The van der Waals surface area contributed by atoms with Crippen molar-refractivity contribution in [2.75, 3.05) is 39.3 Å². The van der Waals surface area contributed by atoms with Gasteiger partial charge in [-0.3, -0.25) is 14.5 Å². The summed E-state index contributed by atoms with van der Waals surface area (Å²) in [6.07, 6.45) is 7.81. The van der Waals surface area contributed by atoms with Crippen LogP contribution in [-0.2, 0) is 9.59 Å². The van der Waals surface area contributed by atoms with Gasteiger partial charge in [-0.15, -0.1) is 0 Å². The van der Waals surface area contributed by atoms with Crippen molar-refractivity contribution in [1.82, 2.24) is 14.8 Å². The molecule has 1 saturated heterocycles. The highest BCUT2D eigenvalue weighted by molar-refractivity contribution is 6.02. The first kappa shape index (κ1) is 20.1. The third-order valence-corrected chi connectivity index (χ3v) is 6.52. The van der Waals surface area contributed by atoms with Crippen molar-refractivity contribution in [2.45, 2.75) is 44.9 Å². The number of hydrogen-bond donors (Lipinski definition) is 0. The smallest absolute Gasteiger partial charge is 0.256 e. The normalized spacial score (nSPS) is 20.9. The Hall–Kier alpha value is -2.21. The van der Waals surface area contributed by atoms with Gasteiger partial charge in [0.2, 0.25) is 5.91 Å². The molecule has 1 aromatic carbocycles. The van der Waals surface area contributed by atoms with Crippen molar-refractivity contribution in [3.63, 3.8) is 0 Å². The molecule has 3 aliphatic rings. The minimum absolute atomic E-state index is 0.0527. The minimum atomic E-state index is 0.0527. The lowest BCUT2D eigenvalue weighted by Gasteiger charge is -2.35. The zero-order chi connectivity index (χ0) is 20.1. The van der Waals surface area contributed by atoms with Crippen LogP contribution in [0.1, 0.15) is 50.5 Å². The van der Waals surface area contributed by atoms with Gasteiger partial charge in [0.15, 0.2) is 0 Å². The molecule has 1 aliphatic carbocycles. The van der Waals surface area contributed by atoms with Gasteiger partial charge in [0.25, 0.3) is 5.91 Å². The Kier molecular flexibility index (Phi) is 6.60. The van der Waals surface area contributed by atoms with E-state index in [1.54, 1.807) is 5.01 Å². The molecule has 2 aliphatic heterocycles. The van der Waals surface area contributed by atoms with Crippen molar-refractivity contribution in [1.29, 1.82) is 0 Å². The van der Waals surface area contributed by atoms with Gasteiger partial charge in [0.05, 0.1) is 18.8 Å². The summed E-state index contributed by atoms with van der Waals surface area (Å²) in [6.45, 7) is 4.04. The van der Waals surface area contributed by atoms with Crippen LogP contribution >= 0.6 is 0 Å². The number of carbonyl (C=O) groups excluding carboxylic acids is 2. The molecular weight excluding hydrogens is 364 g/mol. The number of nitrogens with zero attached hydrogens (tertiary/aromatic N) is 4. The van der Waals surface area contributed by atoms with E-state index >= 15 is 0 Å². The molecule has 156 valence electrons. The second kappa shape index (κ2) is 9.53. The Morgan fingerprint density at radius 3 is 2.38 bits per heavy atom. The van der Waals surface area contributed by atoms with E-state index in [0.717, 1.165) is 56.2 Å². The number of hydrogen-bond acceptors (Lipinski definition) is 4.